The van der Waals surface area contributed by atoms with Crippen LogP contribution in [0.15, 0.2) is 163 Å². The molecule has 7 rings (SSSR count). The highest BCUT2D eigenvalue weighted by atomic mass is 32.2. The summed E-state index contributed by atoms with van der Waals surface area (Å²) >= 11 is 0. The Morgan fingerprint density at radius 2 is 1.38 bits per heavy atom. The summed E-state index contributed by atoms with van der Waals surface area (Å²) in [5.41, 5.74) is 8.63. The first-order valence-electron chi connectivity index (χ1n) is 20.8. The van der Waals surface area contributed by atoms with Crippen molar-refractivity contribution in [2.75, 3.05) is 13.6 Å². The molecule has 0 aromatic heterocycles. The first-order valence-corrected chi connectivity index (χ1v) is 22.3. The topological polar surface area (TPSA) is 117 Å². The lowest BCUT2D eigenvalue weighted by atomic mass is 9.89. The maximum absolute atomic E-state index is 13.7. The monoisotopic (exact) mass is 837 g/mol. The summed E-state index contributed by atoms with van der Waals surface area (Å²) < 4.78 is 43.0. The number of aliphatic hydroxyl groups is 1. The maximum Gasteiger partial charge on any atom is 0.241 e. The molecule has 1 saturated heterocycles. The van der Waals surface area contributed by atoms with Crippen molar-refractivity contribution < 1.29 is 27.8 Å². The van der Waals surface area contributed by atoms with Crippen LogP contribution < -0.4 is 10.0 Å². The van der Waals surface area contributed by atoms with Crippen molar-refractivity contribution in [3.63, 3.8) is 0 Å². The lowest BCUT2D eigenvalue weighted by Crippen LogP contribution is -2.47. The van der Waals surface area contributed by atoms with E-state index in [9.17, 15) is 18.3 Å². The van der Waals surface area contributed by atoms with Crippen molar-refractivity contribution in [3.8, 4) is 11.1 Å². The summed E-state index contributed by atoms with van der Waals surface area (Å²) in [4.78, 5) is 16.1. The standard InChI is InChI=1S/C51H55N3O6S/c1-35-18-28-46(29-19-35)61(57,58)53-47(31-38-12-7-5-8-13-38)50(56)52-32-40-14-11-17-45(30-40)42-24-26-44(27-25-42)51-59-48(33-54(4)37(3)41-15-9-6-10-16-41)36(2)49(60-51)43-22-20-39(34-55)21-23-43/h5-30,36-37,47-49,51,53,55H,31-34H2,1-4H3,(H,52,56)/t36-,37+,47-,48+,49+,51+/m1/s1. The molecule has 0 aliphatic carbocycles. The van der Waals surface area contributed by atoms with Gasteiger partial charge in [0.2, 0.25) is 15.9 Å². The molecule has 6 aromatic carbocycles. The second-order valence-corrected chi connectivity index (χ2v) is 17.8. The fourth-order valence-corrected chi connectivity index (χ4v) is 8.97. The second kappa shape index (κ2) is 19.9. The predicted molar refractivity (Wildman–Crippen MR) is 240 cm³/mol. The molecule has 9 nitrogen and oxygen atoms in total. The van der Waals surface area contributed by atoms with Crippen molar-refractivity contribution >= 4 is 15.9 Å². The molecule has 0 saturated carbocycles. The molecule has 0 radical (unpaired) electrons. The van der Waals surface area contributed by atoms with Gasteiger partial charge < -0.3 is 19.9 Å². The van der Waals surface area contributed by atoms with Gasteiger partial charge in [0, 0.05) is 30.6 Å². The Morgan fingerprint density at radius 1 is 0.738 bits per heavy atom. The molecule has 0 spiro atoms. The number of sulfonamides is 1. The molecule has 1 fully saturated rings. The van der Waals surface area contributed by atoms with E-state index in [0.717, 1.165) is 44.5 Å². The second-order valence-electron chi connectivity index (χ2n) is 16.1. The van der Waals surface area contributed by atoms with E-state index in [1.54, 1.807) is 24.3 Å². The van der Waals surface area contributed by atoms with Gasteiger partial charge in [0.1, 0.15) is 6.04 Å². The van der Waals surface area contributed by atoms with E-state index in [4.69, 9.17) is 9.47 Å². The van der Waals surface area contributed by atoms with Gasteiger partial charge in [-0.05, 0) is 84.5 Å². The SMILES string of the molecule is Cc1ccc(S(=O)(=O)N[C@H](Cc2ccccc2)C(=O)NCc2cccc(-c3ccc([C@H]4O[C@@H](CN(C)[C@@H](C)c5ccccc5)[C@@H](C)[C@@H](c5ccc(CO)cc5)O4)cc3)c2)cc1. The first kappa shape index (κ1) is 43.6. The van der Waals surface area contributed by atoms with Crippen LogP contribution in [0.2, 0.25) is 0 Å². The van der Waals surface area contributed by atoms with E-state index in [2.05, 4.69) is 72.2 Å². The van der Waals surface area contributed by atoms with Crippen LogP contribution in [-0.4, -0.2) is 50.1 Å². The third-order valence-corrected chi connectivity index (χ3v) is 13.2. The molecule has 3 N–H and O–H groups in total. The van der Waals surface area contributed by atoms with Gasteiger partial charge in [-0.25, -0.2) is 8.42 Å². The number of likely N-dealkylation sites (N-methyl/N-ethyl adjacent to an activating group) is 1. The number of aliphatic hydroxyl groups excluding tert-OH is 1. The number of hydrogen-bond donors (Lipinski definition) is 3. The van der Waals surface area contributed by atoms with Gasteiger partial charge in [-0.1, -0.05) is 152 Å². The molecule has 1 heterocycles. The van der Waals surface area contributed by atoms with E-state index < -0.39 is 28.3 Å². The smallest absolute Gasteiger partial charge is 0.241 e. The molecule has 10 heteroatoms. The number of hydrogen-bond acceptors (Lipinski definition) is 7. The molecular weight excluding hydrogens is 783 g/mol. The molecule has 1 aliphatic heterocycles. The van der Waals surface area contributed by atoms with Crippen molar-refractivity contribution in [2.45, 2.75) is 75.8 Å². The zero-order chi connectivity index (χ0) is 42.9. The zero-order valence-corrected chi connectivity index (χ0v) is 36.0. The first-order chi connectivity index (χ1) is 29.5. The normalized spacial score (nSPS) is 19.0. The number of aryl methyl sites for hydroxylation is 1. The molecule has 61 heavy (non-hydrogen) atoms. The summed E-state index contributed by atoms with van der Waals surface area (Å²) in [6, 6.07) is 49.7. The van der Waals surface area contributed by atoms with E-state index >= 15 is 0 Å². The van der Waals surface area contributed by atoms with Crippen LogP contribution in [-0.2, 0) is 43.9 Å². The van der Waals surface area contributed by atoms with E-state index in [-0.39, 0.29) is 48.6 Å². The number of nitrogens with zero attached hydrogens (tertiary/aromatic N) is 1. The fourth-order valence-electron chi connectivity index (χ4n) is 7.77. The van der Waals surface area contributed by atoms with E-state index in [1.165, 1.54) is 5.56 Å². The van der Waals surface area contributed by atoms with Gasteiger partial charge >= 0.3 is 0 Å². The van der Waals surface area contributed by atoms with Gasteiger partial charge in [0.25, 0.3) is 0 Å². The summed E-state index contributed by atoms with van der Waals surface area (Å²) in [7, 11) is -1.83. The molecule has 0 bridgehead atoms. The average Bonchev–Trinajstić information content (AvgIpc) is 3.29. The Bertz CT molecular complexity index is 2450. The van der Waals surface area contributed by atoms with Gasteiger partial charge in [0.15, 0.2) is 6.29 Å². The minimum Gasteiger partial charge on any atom is -0.392 e. The Morgan fingerprint density at radius 3 is 2.05 bits per heavy atom. The van der Waals surface area contributed by atoms with Crippen molar-refractivity contribution in [2.24, 2.45) is 5.92 Å². The molecule has 1 aliphatic rings. The van der Waals surface area contributed by atoms with Gasteiger partial charge in [-0.15, -0.1) is 0 Å². The molecule has 316 valence electrons. The number of amides is 1. The van der Waals surface area contributed by atoms with Gasteiger partial charge in [-0.2, -0.15) is 4.72 Å². The van der Waals surface area contributed by atoms with E-state index in [0.29, 0.717) is 6.54 Å². The molecule has 6 aromatic rings. The lowest BCUT2D eigenvalue weighted by Gasteiger charge is -2.43. The lowest BCUT2D eigenvalue weighted by molar-refractivity contribution is -0.276. The van der Waals surface area contributed by atoms with E-state index in [1.807, 2.05) is 104 Å². The number of nitrogens with one attached hydrogen (secondary N) is 2. The van der Waals surface area contributed by atoms with Crippen LogP contribution in [0.1, 0.15) is 71.2 Å². The summed E-state index contributed by atoms with van der Waals surface area (Å²) in [6.07, 6.45) is -0.770. The Kier molecular flexibility index (Phi) is 14.3. The maximum atomic E-state index is 13.7. The number of carbonyl (C=O) groups excluding carboxylic acids is 1. The molecule has 1 amide bonds. The Hall–Kier alpha value is -5.46. The fraction of sp³-hybridized carbons (Fsp3) is 0.275. The molecular formula is C51H55N3O6S. The quantitative estimate of drug-likeness (QED) is 0.0893. The highest BCUT2D eigenvalue weighted by Crippen LogP contribution is 2.42. The van der Waals surface area contributed by atoms with Crippen LogP contribution in [0.4, 0.5) is 0 Å². The highest BCUT2D eigenvalue weighted by Gasteiger charge is 2.39. The minimum atomic E-state index is -3.96. The molecule has 0 unspecified atom stereocenters. The summed E-state index contributed by atoms with van der Waals surface area (Å²) in [6.45, 7) is 7.18. The highest BCUT2D eigenvalue weighted by molar-refractivity contribution is 7.89. The third-order valence-electron chi connectivity index (χ3n) is 11.7. The van der Waals surface area contributed by atoms with Crippen LogP contribution >= 0.6 is 0 Å². The number of benzene rings is 6. The third kappa shape index (κ3) is 11.1. The number of carbonyl (C=O) groups is 1. The number of rotatable bonds is 16. The zero-order valence-electron chi connectivity index (χ0n) is 35.1. The van der Waals surface area contributed by atoms with Crippen molar-refractivity contribution in [1.29, 1.82) is 0 Å². The van der Waals surface area contributed by atoms with Crippen molar-refractivity contribution in [1.82, 2.24) is 14.9 Å². The van der Waals surface area contributed by atoms with Crippen LogP contribution in [0.25, 0.3) is 11.1 Å². The number of ether oxygens (including phenoxy) is 2. The van der Waals surface area contributed by atoms with Gasteiger partial charge in [0.05, 0.1) is 23.7 Å². The Balaban J connectivity index is 1.05. The van der Waals surface area contributed by atoms with Crippen LogP contribution in [0, 0.1) is 12.8 Å². The van der Waals surface area contributed by atoms with Crippen molar-refractivity contribution in [3.05, 3.63) is 197 Å². The largest absolute Gasteiger partial charge is 0.392 e. The summed E-state index contributed by atoms with van der Waals surface area (Å²) in [5.74, 6) is -0.371. The van der Waals surface area contributed by atoms with Crippen LogP contribution in [0.5, 0.6) is 0 Å². The van der Waals surface area contributed by atoms with Gasteiger partial charge in [-0.3, -0.25) is 9.69 Å². The Labute approximate surface area is 360 Å². The van der Waals surface area contributed by atoms with Crippen LogP contribution in [0.3, 0.4) is 0 Å². The summed E-state index contributed by atoms with van der Waals surface area (Å²) in [5, 5.41) is 12.7. The molecule has 6 atom stereocenters. The average molecular weight is 838 g/mol. The minimum absolute atomic E-state index is 0.0180. The predicted octanol–water partition coefficient (Wildman–Crippen LogP) is 8.84.